The van der Waals surface area contributed by atoms with E-state index in [-0.39, 0.29) is 24.8 Å². The highest BCUT2D eigenvalue weighted by atomic mass is 35.5. The molecule has 0 aromatic heterocycles. The molecular formula is C31H38ClN3O4S. The van der Waals surface area contributed by atoms with Crippen molar-refractivity contribution in [1.82, 2.24) is 10.2 Å². The summed E-state index contributed by atoms with van der Waals surface area (Å²) in [5.41, 5.74) is 3.82. The number of rotatable bonds is 12. The van der Waals surface area contributed by atoms with Crippen molar-refractivity contribution >= 4 is 39.1 Å². The van der Waals surface area contributed by atoms with Crippen LogP contribution in [0.5, 0.6) is 0 Å². The highest BCUT2D eigenvalue weighted by molar-refractivity contribution is 7.92. The fraction of sp³-hybridized carbons (Fsp3) is 0.355. The molecule has 1 N–H and O–H groups in total. The lowest BCUT2D eigenvalue weighted by Crippen LogP contribution is -2.53. The zero-order chi connectivity index (χ0) is 29.4. The number of halogens is 1. The van der Waals surface area contributed by atoms with Gasteiger partial charge in [-0.15, -0.1) is 0 Å². The predicted molar refractivity (Wildman–Crippen MR) is 162 cm³/mol. The van der Waals surface area contributed by atoms with Crippen LogP contribution >= 0.6 is 11.6 Å². The van der Waals surface area contributed by atoms with E-state index in [1.54, 1.807) is 36.4 Å². The number of carbonyl (C=O) groups is 2. The molecule has 0 saturated heterocycles. The largest absolute Gasteiger partial charge is 0.354 e. The van der Waals surface area contributed by atoms with Crippen molar-refractivity contribution in [2.45, 2.75) is 46.7 Å². The van der Waals surface area contributed by atoms with Crippen LogP contribution in [0, 0.1) is 19.8 Å². The lowest BCUT2D eigenvalue weighted by molar-refractivity contribution is -0.140. The van der Waals surface area contributed by atoms with Crippen LogP contribution in [0.3, 0.4) is 0 Å². The summed E-state index contributed by atoms with van der Waals surface area (Å²) >= 11 is 6.10. The molecule has 40 heavy (non-hydrogen) atoms. The molecule has 0 aliphatic rings. The van der Waals surface area contributed by atoms with Crippen molar-refractivity contribution in [3.63, 3.8) is 0 Å². The van der Waals surface area contributed by atoms with Gasteiger partial charge < -0.3 is 10.2 Å². The fourth-order valence-corrected chi connectivity index (χ4v) is 5.43. The molecule has 0 spiro atoms. The zero-order valence-corrected chi connectivity index (χ0v) is 25.3. The van der Waals surface area contributed by atoms with E-state index < -0.39 is 28.5 Å². The van der Waals surface area contributed by atoms with Gasteiger partial charge in [-0.3, -0.25) is 13.9 Å². The Labute approximate surface area is 243 Å². The number of anilines is 1. The van der Waals surface area contributed by atoms with Gasteiger partial charge in [-0.25, -0.2) is 8.42 Å². The lowest BCUT2D eigenvalue weighted by atomic mass is 10.0. The molecule has 3 rings (SSSR count). The Morgan fingerprint density at radius 3 is 2.05 bits per heavy atom. The second kappa shape index (κ2) is 13.8. The molecule has 214 valence electrons. The molecule has 0 fully saturated rings. The van der Waals surface area contributed by atoms with E-state index >= 15 is 0 Å². The van der Waals surface area contributed by atoms with Gasteiger partial charge in [-0.05, 0) is 66.3 Å². The van der Waals surface area contributed by atoms with Gasteiger partial charge in [0.1, 0.15) is 12.6 Å². The third-order valence-electron chi connectivity index (χ3n) is 6.40. The van der Waals surface area contributed by atoms with Crippen molar-refractivity contribution in [3.05, 3.63) is 100 Å². The van der Waals surface area contributed by atoms with E-state index in [1.807, 2.05) is 64.1 Å². The van der Waals surface area contributed by atoms with Crippen molar-refractivity contribution < 1.29 is 18.0 Å². The van der Waals surface area contributed by atoms with Crippen molar-refractivity contribution in [2.24, 2.45) is 5.92 Å². The van der Waals surface area contributed by atoms with E-state index in [4.69, 9.17) is 11.6 Å². The van der Waals surface area contributed by atoms with Crippen LogP contribution in [0.1, 0.15) is 36.1 Å². The zero-order valence-electron chi connectivity index (χ0n) is 23.7. The molecule has 1 atom stereocenters. The second-order valence-electron chi connectivity index (χ2n) is 10.6. The Balaban J connectivity index is 2.06. The molecule has 3 aromatic carbocycles. The summed E-state index contributed by atoms with van der Waals surface area (Å²) in [6.07, 6.45) is 1.35. The number of carbonyl (C=O) groups excluding carboxylic acids is 2. The Morgan fingerprint density at radius 2 is 1.50 bits per heavy atom. The molecule has 0 saturated carbocycles. The number of hydrogen-bond acceptors (Lipinski definition) is 4. The molecular weight excluding hydrogens is 546 g/mol. The Kier molecular flexibility index (Phi) is 10.8. The maximum Gasteiger partial charge on any atom is 0.244 e. The molecule has 2 amide bonds. The number of amides is 2. The Hall–Kier alpha value is -3.36. The molecule has 9 heteroatoms. The minimum Gasteiger partial charge on any atom is -0.354 e. The Morgan fingerprint density at radius 1 is 0.900 bits per heavy atom. The summed E-state index contributed by atoms with van der Waals surface area (Å²) in [6, 6.07) is 21.1. The standard InChI is InChI=1S/C31H38ClN3O4S/c1-22(2)19-33-31(37)29(18-25-9-7-6-8-10-25)34(20-26-11-13-27(32)14-12-26)30(36)21-35(40(5,38)39)28-16-23(3)15-24(4)17-28/h6-17,22,29H,18-21H2,1-5H3,(H,33,37). The van der Waals surface area contributed by atoms with Gasteiger partial charge in [-0.1, -0.05) is 74.0 Å². The summed E-state index contributed by atoms with van der Waals surface area (Å²) < 4.78 is 27.0. The van der Waals surface area contributed by atoms with Crippen LogP contribution in [0.15, 0.2) is 72.8 Å². The summed E-state index contributed by atoms with van der Waals surface area (Å²) in [7, 11) is -3.82. The van der Waals surface area contributed by atoms with E-state index in [0.717, 1.165) is 32.8 Å². The topological polar surface area (TPSA) is 86.8 Å². The SMILES string of the molecule is Cc1cc(C)cc(N(CC(=O)N(Cc2ccc(Cl)cc2)C(Cc2ccccc2)C(=O)NCC(C)C)S(C)(=O)=O)c1. The summed E-state index contributed by atoms with van der Waals surface area (Å²) in [4.78, 5) is 29.2. The number of benzene rings is 3. The highest BCUT2D eigenvalue weighted by Crippen LogP contribution is 2.23. The second-order valence-corrected chi connectivity index (χ2v) is 13.0. The first-order chi connectivity index (χ1) is 18.8. The van der Waals surface area contributed by atoms with Crippen molar-refractivity contribution in [2.75, 3.05) is 23.7 Å². The minimum absolute atomic E-state index is 0.104. The van der Waals surface area contributed by atoms with Crippen LogP contribution in [0.4, 0.5) is 5.69 Å². The number of hydrogen-bond donors (Lipinski definition) is 1. The molecule has 0 heterocycles. The van der Waals surface area contributed by atoms with Gasteiger partial charge in [0.2, 0.25) is 21.8 Å². The first-order valence-electron chi connectivity index (χ1n) is 13.2. The average Bonchev–Trinajstić information content (AvgIpc) is 2.88. The van der Waals surface area contributed by atoms with Crippen LogP contribution in [-0.4, -0.2) is 50.5 Å². The smallest absolute Gasteiger partial charge is 0.244 e. The van der Waals surface area contributed by atoms with E-state index in [2.05, 4.69) is 5.32 Å². The average molecular weight is 584 g/mol. The molecule has 7 nitrogen and oxygen atoms in total. The summed E-state index contributed by atoms with van der Waals surface area (Å²) in [5, 5.41) is 3.53. The van der Waals surface area contributed by atoms with E-state index in [0.29, 0.717) is 17.3 Å². The Bertz CT molecular complexity index is 1390. The maximum absolute atomic E-state index is 14.1. The van der Waals surface area contributed by atoms with Crippen molar-refractivity contribution in [3.8, 4) is 0 Å². The molecule has 0 aliphatic heterocycles. The highest BCUT2D eigenvalue weighted by Gasteiger charge is 2.33. The van der Waals surface area contributed by atoms with Gasteiger partial charge in [0.05, 0.1) is 11.9 Å². The number of sulfonamides is 1. The first kappa shape index (κ1) is 31.2. The third kappa shape index (κ3) is 9.10. The van der Waals surface area contributed by atoms with Gasteiger partial charge in [0, 0.05) is 24.5 Å². The van der Waals surface area contributed by atoms with E-state index in [9.17, 15) is 18.0 Å². The fourth-order valence-electron chi connectivity index (χ4n) is 4.47. The monoisotopic (exact) mass is 583 g/mol. The molecule has 3 aromatic rings. The predicted octanol–water partition coefficient (Wildman–Crippen LogP) is 5.14. The number of nitrogens with zero attached hydrogens (tertiary/aromatic N) is 2. The van der Waals surface area contributed by atoms with Crippen LogP contribution in [0.2, 0.25) is 5.02 Å². The first-order valence-corrected chi connectivity index (χ1v) is 15.5. The van der Waals surface area contributed by atoms with Crippen LogP contribution in [-0.2, 0) is 32.6 Å². The lowest BCUT2D eigenvalue weighted by Gasteiger charge is -2.33. The molecule has 0 radical (unpaired) electrons. The van der Waals surface area contributed by atoms with Crippen LogP contribution < -0.4 is 9.62 Å². The molecule has 0 bridgehead atoms. The number of nitrogens with one attached hydrogen (secondary N) is 1. The van der Waals surface area contributed by atoms with Gasteiger partial charge >= 0.3 is 0 Å². The summed E-state index contributed by atoms with van der Waals surface area (Å²) in [5.74, 6) is -0.565. The normalized spacial score (nSPS) is 12.2. The molecule has 0 aliphatic carbocycles. The maximum atomic E-state index is 14.1. The van der Waals surface area contributed by atoms with Crippen molar-refractivity contribution in [1.29, 1.82) is 0 Å². The minimum atomic E-state index is -3.82. The van der Waals surface area contributed by atoms with Gasteiger partial charge in [0.25, 0.3) is 0 Å². The van der Waals surface area contributed by atoms with Gasteiger partial charge in [0.15, 0.2) is 0 Å². The quantitative estimate of drug-likeness (QED) is 0.320. The van der Waals surface area contributed by atoms with Crippen LogP contribution in [0.25, 0.3) is 0 Å². The molecule has 1 unspecified atom stereocenters. The summed E-state index contributed by atoms with van der Waals surface area (Å²) in [6.45, 7) is 7.85. The van der Waals surface area contributed by atoms with E-state index in [1.165, 1.54) is 4.90 Å². The van der Waals surface area contributed by atoms with Gasteiger partial charge in [-0.2, -0.15) is 0 Å². The number of aryl methyl sites for hydroxylation is 2. The third-order valence-corrected chi connectivity index (χ3v) is 7.79.